The molecule has 0 unspecified atom stereocenters. The molecule has 2 bridgehead atoms. The van der Waals surface area contributed by atoms with Crippen LogP contribution in [0.2, 0.25) is 0 Å². The number of aliphatic hydroxyl groups is 2. The van der Waals surface area contributed by atoms with Crippen LogP contribution in [0, 0.1) is 40.9 Å². The Morgan fingerprint density at radius 2 is 1.86 bits per heavy atom. The van der Waals surface area contributed by atoms with Crippen molar-refractivity contribution in [3.05, 3.63) is 71.3 Å². The number of carbonyl (C=O) groups is 1. The molecule has 4 N–H and O–H groups in total. The minimum Gasteiger partial charge on any atom is -0.394 e. The van der Waals surface area contributed by atoms with Gasteiger partial charge in [-0.15, -0.1) is 0 Å². The van der Waals surface area contributed by atoms with Gasteiger partial charge in [0.25, 0.3) is 0 Å². The van der Waals surface area contributed by atoms with Crippen molar-refractivity contribution in [2.75, 3.05) is 13.2 Å². The number of aliphatic hydroxyl groups excluding tert-OH is 2. The molecule has 1 saturated heterocycles. The molecule has 3 aliphatic carbocycles. The summed E-state index contributed by atoms with van der Waals surface area (Å²) < 4.78 is 27.3. The van der Waals surface area contributed by atoms with Crippen LogP contribution in [0.1, 0.15) is 57.2 Å². The van der Waals surface area contributed by atoms with E-state index in [0.29, 0.717) is 34.3 Å². The van der Waals surface area contributed by atoms with Gasteiger partial charge in [-0.25, -0.2) is 13.1 Å². The summed E-state index contributed by atoms with van der Waals surface area (Å²) in [5.41, 5.74) is 2.52. The van der Waals surface area contributed by atoms with Crippen LogP contribution in [0.3, 0.4) is 0 Å². The van der Waals surface area contributed by atoms with Gasteiger partial charge in [-0.3, -0.25) is 9.63 Å². The molecule has 44 heavy (non-hydrogen) atoms. The summed E-state index contributed by atoms with van der Waals surface area (Å²) >= 11 is 0. The SMILES string of the molecule is C[C@@H]1[C@@H](NC(=O)[C@@H]2[C@H]([C@H](C)O)[C@H](CO)ON2Cc2cccc(C#CCNS(=O)(=O)Cc3ccccc3)c2)C[C@H]2C[C@H]1C2(C)C. The van der Waals surface area contributed by atoms with Crippen molar-refractivity contribution in [3.63, 3.8) is 0 Å². The second-order valence-corrected chi connectivity index (χ2v) is 15.1. The van der Waals surface area contributed by atoms with E-state index in [1.165, 1.54) is 6.42 Å². The van der Waals surface area contributed by atoms with Crippen molar-refractivity contribution in [2.24, 2.45) is 29.1 Å². The Balaban J connectivity index is 1.25. The second kappa shape index (κ2) is 13.3. The number of nitrogens with one attached hydrogen (secondary N) is 2. The van der Waals surface area contributed by atoms with Crippen molar-refractivity contribution >= 4 is 15.9 Å². The van der Waals surface area contributed by atoms with E-state index in [-0.39, 0.29) is 37.4 Å². The van der Waals surface area contributed by atoms with Crippen LogP contribution in [0.5, 0.6) is 0 Å². The van der Waals surface area contributed by atoms with Crippen LogP contribution in [0.25, 0.3) is 0 Å². The lowest BCUT2D eigenvalue weighted by Crippen LogP contribution is -2.62. The molecule has 2 aromatic rings. The summed E-state index contributed by atoms with van der Waals surface area (Å²) in [4.78, 5) is 19.9. The molecule has 10 heteroatoms. The Morgan fingerprint density at radius 1 is 1.14 bits per heavy atom. The number of rotatable bonds is 10. The number of amides is 1. The number of benzene rings is 2. The minimum atomic E-state index is -3.52. The quantitative estimate of drug-likeness (QED) is 0.300. The van der Waals surface area contributed by atoms with Crippen LogP contribution in [-0.2, 0) is 32.0 Å². The molecule has 0 aromatic heterocycles. The number of nitrogens with zero attached hydrogens (tertiary/aromatic N) is 1. The molecule has 3 saturated carbocycles. The number of sulfonamides is 1. The highest BCUT2D eigenvalue weighted by atomic mass is 32.2. The van der Waals surface area contributed by atoms with Crippen LogP contribution in [0.4, 0.5) is 0 Å². The highest BCUT2D eigenvalue weighted by Crippen LogP contribution is 2.61. The third-order valence-electron chi connectivity index (χ3n) is 10.1. The van der Waals surface area contributed by atoms with E-state index in [9.17, 15) is 23.4 Å². The zero-order chi connectivity index (χ0) is 31.6. The summed E-state index contributed by atoms with van der Waals surface area (Å²) in [6, 6.07) is 15.7. The standard InChI is InChI=1S/C34H45N3O6S/c1-22-28-17-27(34(28,3)4)18-29(22)36-33(40)32-31(23(2)39)30(20-38)43-37(32)19-26-13-8-12-24(16-26)14-9-15-35-44(41,42)21-25-10-6-5-7-11-25/h5-8,10-13,16,22-23,27-32,35,38-39H,15,17-21H2,1-4H3,(H,36,40)/t22-,23-,27+,28+,29-,30-,31+,32-/m0/s1. The summed E-state index contributed by atoms with van der Waals surface area (Å²) in [5, 5.41) is 25.6. The largest absolute Gasteiger partial charge is 0.394 e. The molecule has 4 fully saturated rings. The number of hydrogen-bond donors (Lipinski definition) is 4. The van der Waals surface area contributed by atoms with Crippen molar-refractivity contribution in [3.8, 4) is 11.8 Å². The summed E-state index contributed by atoms with van der Waals surface area (Å²) in [7, 11) is -3.52. The van der Waals surface area contributed by atoms with E-state index in [4.69, 9.17) is 4.84 Å². The highest BCUT2D eigenvalue weighted by molar-refractivity contribution is 7.88. The predicted molar refractivity (Wildman–Crippen MR) is 168 cm³/mol. The lowest BCUT2D eigenvalue weighted by Gasteiger charge is -2.62. The van der Waals surface area contributed by atoms with Gasteiger partial charge in [0.1, 0.15) is 12.1 Å². The zero-order valence-corrected chi connectivity index (χ0v) is 26.8. The van der Waals surface area contributed by atoms with Gasteiger partial charge in [0.05, 0.1) is 31.6 Å². The zero-order valence-electron chi connectivity index (χ0n) is 25.9. The van der Waals surface area contributed by atoms with Gasteiger partial charge in [0, 0.05) is 17.5 Å². The van der Waals surface area contributed by atoms with E-state index in [2.05, 4.69) is 42.7 Å². The fourth-order valence-corrected chi connectivity index (χ4v) is 8.57. The topological polar surface area (TPSA) is 128 Å². The average molecular weight is 624 g/mol. The molecule has 6 rings (SSSR count). The summed E-state index contributed by atoms with van der Waals surface area (Å²) in [5.74, 6) is 6.49. The van der Waals surface area contributed by atoms with E-state index in [0.717, 1.165) is 12.0 Å². The van der Waals surface area contributed by atoms with Crippen LogP contribution >= 0.6 is 0 Å². The first kappa shape index (κ1) is 32.6. The lowest BCUT2D eigenvalue weighted by atomic mass is 9.45. The van der Waals surface area contributed by atoms with Crippen molar-refractivity contribution in [2.45, 2.75) is 77.1 Å². The maximum Gasteiger partial charge on any atom is 0.240 e. The third kappa shape index (κ3) is 7.04. The van der Waals surface area contributed by atoms with Gasteiger partial charge in [-0.1, -0.05) is 75.1 Å². The van der Waals surface area contributed by atoms with Gasteiger partial charge in [-0.05, 0) is 66.2 Å². The fourth-order valence-electron chi connectivity index (χ4n) is 7.55. The van der Waals surface area contributed by atoms with Crippen molar-refractivity contribution in [1.82, 2.24) is 15.1 Å². The first-order valence-corrected chi connectivity index (χ1v) is 17.2. The number of carbonyl (C=O) groups excluding carboxylic acids is 1. The Kier molecular flexibility index (Phi) is 9.85. The van der Waals surface area contributed by atoms with Gasteiger partial charge in [0.15, 0.2) is 0 Å². The van der Waals surface area contributed by atoms with Crippen molar-refractivity contribution in [1.29, 1.82) is 0 Å². The number of hydroxylamine groups is 2. The van der Waals surface area contributed by atoms with Crippen LogP contribution < -0.4 is 10.0 Å². The van der Waals surface area contributed by atoms with Crippen LogP contribution in [0.15, 0.2) is 54.6 Å². The second-order valence-electron chi connectivity index (χ2n) is 13.3. The Bertz CT molecular complexity index is 1490. The van der Waals surface area contributed by atoms with Crippen molar-refractivity contribution < 1.29 is 28.3 Å². The van der Waals surface area contributed by atoms with Gasteiger partial charge in [0.2, 0.25) is 15.9 Å². The smallest absolute Gasteiger partial charge is 0.240 e. The molecule has 4 aliphatic rings. The predicted octanol–water partition coefficient (Wildman–Crippen LogP) is 2.82. The fraction of sp³-hybridized carbons (Fsp3) is 0.559. The molecular weight excluding hydrogens is 578 g/mol. The molecule has 8 atom stereocenters. The van der Waals surface area contributed by atoms with E-state index in [1.807, 2.05) is 30.3 Å². The van der Waals surface area contributed by atoms with Gasteiger partial charge < -0.3 is 15.5 Å². The average Bonchev–Trinajstić information content (AvgIpc) is 3.35. The minimum absolute atomic E-state index is 0.0242. The van der Waals surface area contributed by atoms with E-state index in [1.54, 1.807) is 36.3 Å². The molecule has 1 heterocycles. The van der Waals surface area contributed by atoms with Gasteiger partial charge >= 0.3 is 0 Å². The molecular formula is C34H45N3O6S. The Hall–Kier alpha value is -2.78. The highest BCUT2D eigenvalue weighted by Gasteiger charge is 2.57. The molecule has 1 aliphatic heterocycles. The number of fused-ring (bicyclic) bond motifs is 2. The molecule has 9 nitrogen and oxygen atoms in total. The summed E-state index contributed by atoms with van der Waals surface area (Å²) in [6.45, 7) is 8.40. The maximum absolute atomic E-state index is 13.9. The monoisotopic (exact) mass is 623 g/mol. The van der Waals surface area contributed by atoms with Gasteiger partial charge in [-0.2, -0.15) is 5.06 Å². The first-order chi connectivity index (χ1) is 20.9. The Morgan fingerprint density at radius 3 is 2.52 bits per heavy atom. The first-order valence-electron chi connectivity index (χ1n) is 15.5. The number of hydrogen-bond acceptors (Lipinski definition) is 7. The van der Waals surface area contributed by atoms with E-state index < -0.39 is 34.2 Å². The third-order valence-corrected chi connectivity index (χ3v) is 11.4. The molecule has 0 spiro atoms. The molecule has 0 radical (unpaired) electrons. The normalized spacial score (nSPS) is 30.1. The summed E-state index contributed by atoms with van der Waals surface area (Å²) in [6.07, 6.45) is 0.567. The Labute approximate surface area is 261 Å². The lowest BCUT2D eigenvalue weighted by molar-refractivity contribution is -0.183. The van der Waals surface area contributed by atoms with E-state index >= 15 is 0 Å². The molecule has 1 amide bonds. The maximum atomic E-state index is 13.9. The van der Waals surface area contributed by atoms with Crippen LogP contribution in [-0.4, -0.2) is 67.0 Å². The molecule has 2 aromatic carbocycles. The molecule has 238 valence electrons.